The maximum Gasteiger partial charge on any atom is 0.241 e. The predicted octanol–water partition coefficient (Wildman–Crippen LogP) is 2.28. The molecule has 1 aromatic rings. The number of hydrogen-bond donors (Lipinski definition) is 0. The largest absolute Gasteiger partial charge is 0.346 e. The lowest BCUT2D eigenvalue weighted by atomic mass is 10.3. The molecule has 0 N–H and O–H groups in total. The van der Waals surface area contributed by atoms with Crippen molar-refractivity contribution in [2.45, 2.75) is 6.42 Å². The number of aromatic nitrogens is 1. The van der Waals surface area contributed by atoms with Gasteiger partial charge in [-0.25, -0.2) is 4.98 Å². The zero-order valence-corrected chi connectivity index (χ0v) is 12.7. The standard InChI is InChI=1S/C11H13Br2N3O/c1-15-3-2-4-16(7-10(15)17)11-9(13)5-8(12)6-14-11/h5-6H,2-4,7H2,1H3. The van der Waals surface area contributed by atoms with Gasteiger partial charge in [-0.3, -0.25) is 4.79 Å². The summed E-state index contributed by atoms with van der Waals surface area (Å²) in [6.07, 6.45) is 2.71. The number of carbonyl (C=O) groups excluding carboxylic acids is 1. The normalized spacial score (nSPS) is 17.2. The van der Waals surface area contributed by atoms with E-state index in [0.29, 0.717) is 6.54 Å². The number of likely N-dealkylation sites (N-methyl/N-ethyl adjacent to an activating group) is 1. The van der Waals surface area contributed by atoms with Gasteiger partial charge in [-0.15, -0.1) is 0 Å². The highest BCUT2D eigenvalue weighted by molar-refractivity contribution is 9.11. The molecule has 0 aromatic carbocycles. The molecule has 1 amide bonds. The van der Waals surface area contributed by atoms with E-state index in [1.807, 2.05) is 18.0 Å². The maximum absolute atomic E-state index is 11.8. The van der Waals surface area contributed by atoms with Crippen molar-refractivity contribution in [3.8, 4) is 0 Å². The fraction of sp³-hybridized carbons (Fsp3) is 0.455. The van der Waals surface area contributed by atoms with Crippen LogP contribution in [0.15, 0.2) is 21.2 Å². The third-order valence-electron chi connectivity index (χ3n) is 2.76. The molecule has 2 rings (SSSR count). The Balaban J connectivity index is 2.24. The van der Waals surface area contributed by atoms with Crippen LogP contribution in [0.1, 0.15) is 6.42 Å². The van der Waals surface area contributed by atoms with Crippen molar-refractivity contribution >= 4 is 43.6 Å². The number of carbonyl (C=O) groups is 1. The molecule has 0 bridgehead atoms. The van der Waals surface area contributed by atoms with E-state index in [4.69, 9.17) is 0 Å². The SMILES string of the molecule is CN1CCCN(c2ncc(Br)cc2Br)CC1=O. The van der Waals surface area contributed by atoms with Gasteiger partial charge in [-0.1, -0.05) is 0 Å². The average molecular weight is 363 g/mol. The van der Waals surface area contributed by atoms with Gasteiger partial charge >= 0.3 is 0 Å². The molecule has 4 nitrogen and oxygen atoms in total. The molecule has 1 aromatic heterocycles. The Morgan fingerprint density at radius 1 is 1.35 bits per heavy atom. The number of halogens is 2. The Morgan fingerprint density at radius 3 is 2.82 bits per heavy atom. The van der Waals surface area contributed by atoms with Crippen LogP contribution in [-0.4, -0.2) is 42.5 Å². The van der Waals surface area contributed by atoms with Crippen molar-refractivity contribution in [1.29, 1.82) is 0 Å². The molecule has 17 heavy (non-hydrogen) atoms. The highest BCUT2D eigenvalue weighted by Crippen LogP contribution is 2.27. The molecular weight excluding hydrogens is 350 g/mol. The predicted molar refractivity (Wildman–Crippen MR) is 74.1 cm³/mol. The molecular formula is C11H13Br2N3O. The Kier molecular flexibility index (Phi) is 4.04. The van der Waals surface area contributed by atoms with Crippen molar-refractivity contribution in [3.05, 3.63) is 21.2 Å². The highest BCUT2D eigenvalue weighted by atomic mass is 79.9. The lowest BCUT2D eigenvalue weighted by Crippen LogP contribution is -2.34. The van der Waals surface area contributed by atoms with Crippen LogP contribution in [0, 0.1) is 0 Å². The molecule has 1 aliphatic rings. The maximum atomic E-state index is 11.8. The zero-order chi connectivity index (χ0) is 12.4. The summed E-state index contributed by atoms with van der Waals surface area (Å²) >= 11 is 6.86. The van der Waals surface area contributed by atoms with E-state index in [2.05, 4.69) is 36.8 Å². The smallest absolute Gasteiger partial charge is 0.241 e. The number of anilines is 1. The lowest BCUT2D eigenvalue weighted by molar-refractivity contribution is -0.127. The minimum Gasteiger partial charge on any atom is -0.346 e. The summed E-state index contributed by atoms with van der Waals surface area (Å²) in [7, 11) is 1.84. The van der Waals surface area contributed by atoms with Gasteiger partial charge in [0, 0.05) is 30.8 Å². The van der Waals surface area contributed by atoms with Crippen molar-refractivity contribution in [2.24, 2.45) is 0 Å². The molecule has 1 aliphatic heterocycles. The second-order valence-corrected chi connectivity index (χ2v) is 5.82. The van der Waals surface area contributed by atoms with Crippen LogP contribution in [-0.2, 0) is 4.79 Å². The van der Waals surface area contributed by atoms with Crippen LogP contribution in [0.5, 0.6) is 0 Å². The molecule has 0 atom stereocenters. The summed E-state index contributed by atoms with van der Waals surface area (Å²) in [4.78, 5) is 20.0. The van der Waals surface area contributed by atoms with E-state index in [-0.39, 0.29) is 5.91 Å². The fourth-order valence-electron chi connectivity index (χ4n) is 1.81. The molecule has 2 heterocycles. The summed E-state index contributed by atoms with van der Waals surface area (Å²) in [6, 6.07) is 1.95. The van der Waals surface area contributed by atoms with Crippen LogP contribution in [0.4, 0.5) is 5.82 Å². The molecule has 0 saturated carbocycles. The van der Waals surface area contributed by atoms with Gasteiger partial charge in [0.25, 0.3) is 0 Å². The third kappa shape index (κ3) is 2.98. The second-order valence-electron chi connectivity index (χ2n) is 4.05. The molecule has 1 fully saturated rings. The van der Waals surface area contributed by atoms with Crippen LogP contribution in [0.25, 0.3) is 0 Å². The van der Waals surface area contributed by atoms with E-state index in [0.717, 1.165) is 34.3 Å². The third-order valence-corrected chi connectivity index (χ3v) is 3.78. The summed E-state index contributed by atoms with van der Waals surface area (Å²) in [5, 5.41) is 0. The van der Waals surface area contributed by atoms with Gasteiger partial charge in [0.15, 0.2) is 0 Å². The first-order valence-corrected chi connectivity index (χ1v) is 6.96. The highest BCUT2D eigenvalue weighted by Gasteiger charge is 2.21. The van der Waals surface area contributed by atoms with E-state index in [9.17, 15) is 4.79 Å². The molecule has 0 radical (unpaired) electrons. The van der Waals surface area contributed by atoms with E-state index in [1.165, 1.54) is 0 Å². The molecule has 1 saturated heterocycles. The first kappa shape index (κ1) is 12.8. The van der Waals surface area contributed by atoms with Crippen molar-refractivity contribution < 1.29 is 4.79 Å². The summed E-state index contributed by atoms with van der Waals surface area (Å²) in [5.74, 6) is 0.968. The van der Waals surface area contributed by atoms with Crippen LogP contribution in [0.2, 0.25) is 0 Å². The number of rotatable bonds is 1. The van der Waals surface area contributed by atoms with Gasteiger partial charge in [-0.05, 0) is 44.3 Å². The van der Waals surface area contributed by atoms with E-state index < -0.39 is 0 Å². The summed E-state index contributed by atoms with van der Waals surface area (Å²) < 4.78 is 1.83. The van der Waals surface area contributed by atoms with Gasteiger partial charge < -0.3 is 9.80 Å². The second kappa shape index (κ2) is 5.35. The Bertz CT molecular complexity index is 439. The molecule has 0 unspecified atom stereocenters. The van der Waals surface area contributed by atoms with E-state index >= 15 is 0 Å². The quantitative estimate of drug-likeness (QED) is 0.768. The van der Waals surface area contributed by atoms with Gasteiger partial charge in [0.05, 0.1) is 11.0 Å². The number of hydrogen-bond acceptors (Lipinski definition) is 3. The minimum absolute atomic E-state index is 0.138. The van der Waals surface area contributed by atoms with Crippen molar-refractivity contribution in [1.82, 2.24) is 9.88 Å². The molecule has 92 valence electrons. The number of pyridine rings is 1. The monoisotopic (exact) mass is 361 g/mol. The zero-order valence-electron chi connectivity index (χ0n) is 9.49. The van der Waals surface area contributed by atoms with Crippen molar-refractivity contribution in [2.75, 3.05) is 31.6 Å². The summed E-state index contributed by atoms with van der Waals surface area (Å²) in [6.45, 7) is 2.05. The topological polar surface area (TPSA) is 36.4 Å². The van der Waals surface area contributed by atoms with Crippen LogP contribution >= 0.6 is 31.9 Å². The van der Waals surface area contributed by atoms with Crippen LogP contribution < -0.4 is 4.90 Å². The minimum atomic E-state index is 0.138. The number of nitrogens with zero attached hydrogens (tertiary/aromatic N) is 3. The number of amides is 1. The lowest BCUT2D eigenvalue weighted by Gasteiger charge is -2.21. The first-order chi connectivity index (χ1) is 8.08. The van der Waals surface area contributed by atoms with E-state index in [1.54, 1.807) is 11.1 Å². The van der Waals surface area contributed by atoms with Crippen LogP contribution in [0.3, 0.4) is 0 Å². The van der Waals surface area contributed by atoms with Crippen molar-refractivity contribution in [3.63, 3.8) is 0 Å². The van der Waals surface area contributed by atoms with Gasteiger partial charge in [0.1, 0.15) is 5.82 Å². The molecule has 0 spiro atoms. The average Bonchev–Trinajstić information content (AvgIpc) is 2.42. The summed E-state index contributed by atoms with van der Waals surface area (Å²) in [5.41, 5.74) is 0. The first-order valence-electron chi connectivity index (χ1n) is 5.38. The molecule has 0 aliphatic carbocycles. The van der Waals surface area contributed by atoms with Gasteiger partial charge in [0.2, 0.25) is 5.91 Å². The molecule has 6 heteroatoms. The Morgan fingerprint density at radius 2 is 2.12 bits per heavy atom. The fourth-order valence-corrected chi connectivity index (χ4v) is 3.05. The Labute approximate surface area is 117 Å². The van der Waals surface area contributed by atoms with Gasteiger partial charge in [-0.2, -0.15) is 0 Å². The Hall–Kier alpha value is -0.620.